The first-order chi connectivity index (χ1) is 10.9. The summed E-state index contributed by atoms with van der Waals surface area (Å²) >= 11 is 0. The van der Waals surface area contributed by atoms with Gasteiger partial charge in [-0.2, -0.15) is 0 Å². The molecule has 0 radical (unpaired) electrons. The van der Waals surface area contributed by atoms with Crippen molar-refractivity contribution in [2.45, 2.75) is 51.6 Å². The van der Waals surface area contributed by atoms with E-state index in [-0.39, 0.29) is 12.7 Å². The Hall–Kier alpha value is -1.55. The van der Waals surface area contributed by atoms with Crippen LogP contribution in [0.5, 0.6) is 0 Å². The molecule has 1 fully saturated rings. The van der Waals surface area contributed by atoms with Gasteiger partial charge in [0, 0.05) is 19.7 Å². The predicted molar refractivity (Wildman–Crippen MR) is 91.4 cm³/mol. The van der Waals surface area contributed by atoms with Crippen LogP contribution in [-0.4, -0.2) is 41.4 Å². The Balaban J connectivity index is 1.95. The van der Waals surface area contributed by atoms with Gasteiger partial charge in [-0.15, -0.1) is 0 Å². The number of rotatable bonds is 4. The molecule has 1 heterocycles. The maximum absolute atomic E-state index is 12.1. The average Bonchev–Trinajstić information content (AvgIpc) is 2.52. The minimum atomic E-state index is -0.447. The number of ether oxygens (including phenoxy) is 1. The monoisotopic (exact) mass is 319 g/mol. The summed E-state index contributed by atoms with van der Waals surface area (Å²) < 4.78 is 5.45. The minimum Gasteiger partial charge on any atom is -0.444 e. The summed E-state index contributed by atoms with van der Waals surface area (Å²) in [5.41, 5.74) is 0.842. The van der Waals surface area contributed by atoms with Crippen LogP contribution in [0.1, 0.15) is 51.5 Å². The summed E-state index contributed by atoms with van der Waals surface area (Å²) in [6.07, 6.45) is 2.48. The van der Waals surface area contributed by atoms with E-state index in [9.17, 15) is 9.90 Å². The molecular formula is C19H29NO3. The molecule has 128 valence electrons. The quantitative estimate of drug-likeness (QED) is 0.918. The number of hydrogen-bond donors (Lipinski definition) is 1. The zero-order valence-electron chi connectivity index (χ0n) is 14.5. The van der Waals surface area contributed by atoms with E-state index in [0.29, 0.717) is 11.8 Å². The zero-order chi connectivity index (χ0) is 16.9. The van der Waals surface area contributed by atoms with Crippen molar-refractivity contribution in [2.75, 3.05) is 19.7 Å². The van der Waals surface area contributed by atoms with Crippen LogP contribution in [0.3, 0.4) is 0 Å². The van der Waals surface area contributed by atoms with Gasteiger partial charge in [-0.1, -0.05) is 30.3 Å². The van der Waals surface area contributed by atoms with Crippen LogP contribution in [-0.2, 0) is 4.74 Å². The highest BCUT2D eigenvalue weighted by Gasteiger charge is 2.31. The molecule has 1 aromatic rings. The third-order valence-corrected chi connectivity index (χ3v) is 4.43. The molecule has 1 amide bonds. The van der Waals surface area contributed by atoms with Gasteiger partial charge in [0.1, 0.15) is 5.60 Å². The van der Waals surface area contributed by atoms with E-state index in [1.807, 2.05) is 31.7 Å². The lowest BCUT2D eigenvalue weighted by molar-refractivity contribution is 0.0170. The number of aliphatic hydroxyl groups is 1. The van der Waals surface area contributed by atoms with Crippen molar-refractivity contribution in [3.63, 3.8) is 0 Å². The normalized spacial score (nSPS) is 17.8. The Labute approximate surface area is 139 Å². The van der Waals surface area contributed by atoms with Gasteiger partial charge < -0.3 is 14.7 Å². The molecule has 1 unspecified atom stereocenters. The fourth-order valence-corrected chi connectivity index (χ4v) is 3.32. The fraction of sp³-hybridized carbons (Fsp3) is 0.632. The number of hydrogen-bond acceptors (Lipinski definition) is 3. The number of aliphatic hydroxyl groups excluding tert-OH is 1. The first kappa shape index (κ1) is 17.8. The van der Waals surface area contributed by atoms with Crippen molar-refractivity contribution in [3.05, 3.63) is 35.9 Å². The molecule has 0 spiro atoms. The summed E-state index contributed by atoms with van der Waals surface area (Å²) in [6.45, 7) is 7.34. The van der Waals surface area contributed by atoms with E-state index < -0.39 is 5.60 Å². The summed E-state index contributed by atoms with van der Waals surface area (Å²) in [7, 11) is 0. The second-order valence-electron chi connectivity index (χ2n) is 7.33. The fourth-order valence-electron chi connectivity index (χ4n) is 3.32. The number of nitrogens with zero attached hydrogens (tertiary/aromatic N) is 1. The van der Waals surface area contributed by atoms with E-state index in [2.05, 4.69) is 24.3 Å². The third-order valence-electron chi connectivity index (χ3n) is 4.43. The van der Waals surface area contributed by atoms with Crippen molar-refractivity contribution >= 4 is 6.09 Å². The molecule has 1 aliphatic rings. The Morgan fingerprint density at radius 3 is 2.39 bits per heavy atom. The minimum absolute atomic E-state index is 0.200. The highest BCUT2D eigenvalue weighted by atomic mass is 16.6. The molecule has 23 heavy (non-hydrogen) atoms. The van der Waals surface area contributed by atoms with Crippen LogP contribution in [0.25, 0.3) is 0 Å². The first-order valence-corrected chi connectivity index (χ1v) is 8.54. The van der Waals surface area contributed by atoms with Crippen LogP contribution in [0, 0.1) is 5.92 Å². The molecular weight excluding hydrogens is 290 g/mol. The van der Waals surface area contributed by atoms with Gasteiger partial charge in [0.25, 0.3) is 0 Å². The molecule has 1 atom stereocenters. The van der Waals surface area contributed by atoms with Crippen LogP contribution in [0.2, 0.25) is 0 Å². The smallest absolute Gasteiger partial charge is 0.410 e. The molecule has 0 saturated carbocycles. The van der Waals surface area contributed by atoms with Crippen molar-refractivity contribution in [1.29, 1.82) is 0 Å². The SMILES string of the molecule is CC(C)(C)OC(=O)N1CCC(C(CCO)c2ccccc2)CC1. The van der Waals surface area contributed by atoms with Gasteiger partial charge in [0.15, 0.2) is 0 Å². The number of carbonyl (C=O) groups is 1. The van der Waals surface area contributed by atoms with Crippen LogP contribution in [0.4, 0.5) is 4.79 Å². The van der Waals surface area contributed by atoms with Crippen molar-refractivity contribution in [1.82, 2.24) is 4.90 Å². The third kappa shape index (κ3) is 5.24. The van der Waals surface area contributed by atoms with Gasteiger partial charge in [0.05, 0.1) is 0 Å². The maximum atomic E-state index is 12.1. The summed E-state index contributed by atoms with van der Waals surface area (Å²) in [4.78, 5) is 14.0. The second kappa shape index (κ2) is 7.82. The Morgan fingerprint density at radius 1 is 1.26 bits per heavy atom. The van der Waals surface area contributed by atoms with E-state index in [0.717, 1.165) is 32.4 Å². The lowest BCUT2D eigenvalue weighted by Gasteiger charge is -2.37. The molecule has 0 aliphatic carbocycles. The van der Waals surface area contributed by atoms with Gasteiger partial charge >= 0.3 is 6.09 Å². The molecule has 4 nitrogen and oxygen atoms in total. The molecule has 1 aromatic carbocycles. The second-order valence-corrected chi connectivity index (χ2v) is 7.33. The van der Waals surface area contributed by atoms with Gasteiger partial charge in [0.2, 0.25) is 0 Å². The van der Waals surface area contributed by atoms with Gasteiger partial charge in [-0.3, -0.25) is 0 Å². The first-order valence-electron chi connectivity index (χ1n) is 8.54. The van der Waals surface area contributed by atoms with Crippen LogP contribution in [0.15, 0.2) is 30.3 Å². The molecule has 1 N–H and O–H groups in total. The largest absolute Gasteiger partial charge is 0.444 e. The topological polar surface area (TPSA) is 49.8 Å². The van der Waals surface area contributed by atoms with Crippen LogP contribution >= 0.6 is 0 Å². The van der Waals surface area contributed by atoms with E-state index >= 15 is 0 Å². The van der Waals surface area contributed by atoms with Gasteiger partial charge in [-0.05, 0) is 57.4 Å². The Bertz CT molecular complexity index is 487. The molecule has 2 rings (SSSR count). The predicted octanol–water partition coefficient (Wildman–Crippen LogP) is 3.80. The van der Waals surface area contributed by atoms with Crippen LogP contribution < -0.4 is 0 Å². The molecule has 1 aliphatic heterocycles. The Kier molecular flexibility index (Phi) is 6.05. The van der Waals surface area contributed by atoms with E-state index in [4.69, 9.17) is 4.74 Å². The van der Waals surface area contributed by atoms with Crippen molar-refractivity contribution in [2.24, 2.45) is 5.92 Å². The van der Waals surface area contributed by atoms with Gasteiger partial charge in [-0.25, -0.2) is 4.79 Å². The zero-order valence-corrected chi connectivity index (χ0v) is 14.5. The number of amides is 1. The average molecular weight is 319 g/mol. The summed E-state index contributed by atoms with van der Waals surface area (Å²) in [5.74, 6) is 0.866. The molecule has 4 heteroatoms. The number of carbonyl (C=O) groups excluding carboxylic acids is 1. The number of benzene rings is 1. The standard InChI is InChI=1S/C19H29NO3/c1-19(2,3)23-18(22)20-12-9-16(10-13-20)17(11-14-21)15-7-5-4-6-8-15/h4-8,16-17,21H,9-14H2,1-3H3. The highest BCUT2D eigenvalue weighted by molar-refractivity contribution is 5.68. The number of likely N-dealkylation sites (tertiary alicyclic amines) is 1. The summed E-state index contributed by atoms with van der Waals surface area (Å²) in [6, 6.07) is 10.4. The molecule has 0 aromatic heterocycles. The lowest BCUT2D eigenvalue weighted by atomic mass is 9.78. The van der Waals surface area contributed by atoms with Crippen molar-refractivity contribution in [3.8, 4) is 0 Å². The molecule has 1 saturated heterocycles. The summed E-state index contributed by atoms with van der Waals surface area (Å²) in [5, 5.41) is 9.41. The maximum Gasteiger partial charge on any atom is 0.410 e. The van der Waals surface area contributed by atoms with E-state index in [1.165, 1.54) is 5.56 Å². The highest BCUT2D eigenvalue weighted by Crippen LogP contribution is 2.35. The van der Waals surface area contributed by atoms with Crippen molar-refractivity contribution < 1.29 is 14.6 Å². The molecule has 0 bridgehead atoms. The number of piperidine rings is 1. The Morgan fingerprint density at radius 2 is 1.87 bits per heavy atom. The van der Waals surface area contributed by atoms with E-state index in [1.54, 1.807) is 0 Å². The lowest BCUT2D eigenvalue weighted by Crippen LogP contribution is -2.42.